The van der Waals surface area contributed by atoms with E-state index >= 15 is 0 Å². The Kier molecular flexibility index (Phi) is 6.35. The number of rotatable bonds is 8. The molecule has 28 heavy (non-hydrogen) atoms. The smallest absolute Gasteiger partial charge is 0.271 e. The molecule has 8 heteroatoms. The molecule has 0 aliphatic carbocycles. The van der Waals surface area contributed by atoms with Crippen LogP contribution in [-0.4, -0.2) is 36.4 Å². The Morgan fingerprint density at radius 2 is 1.82 bits per heavy atom. The maximum absolute atomic E-state index is 13.2. The monoisotopic (exact) mass is 382 g/mol. The fraction of sp³-hybridized carbons (Fsp3) is 0.150. The van der Waals surface area contributed by atoms with Gasteiger partial charge in [-0.05, 0) is 54.6 Å². The second-order valence-electron chi connectivity index (χ2n) is 5.72. The van der Waals surface area contributed by atoms with Gasteiger partial charge in [-0.25, -0.2) is 4.39 Å². The van der Waals surface area contributed by atoms with Crippen molar-refractivity contribution in [2.75, 3.05) is 25.6 Å². The molecule has 1 aromatic heterocycles. The number of carbonyl (C=O) groups excluding carboxylic acids is 1. The van der Waals surface area contributed by atoms with Gasteiger partial charge in [-0.15, -0.1) is 10.2 Å². The number of ether oxygens (including phenoxy) is 2. The number of carbonyl (C=O) groups is 1. The summed E-state index contributed by atoms with van der Waals surface area (Å²) in [5.41, 5.74) is 0.719. The Balaban J connectivity index is 1.45. The van der Waals surface area contributed by atoms with E-state index in [4.69, 9.17) is 9.47 Å². The standard InChI is InChI=1S/C20H19FN4O3/c1-27-16-5-7-17(8-6-16)28-12-11-22-20(26)18-9-10-19(25-24-18)23-15-4-2-3-14(21)13-15/h2-10,13H,11-12H2,1H3,(H,22,26)(H,23,25). The second-order valence-corrected chi connectivity index (χ2v) is 5.72. The predicted molar refractivity (Wildman–Crippen MR) is 103 cm³/mol. The summed E-state index contributed by atoms with van der Waals surface area (Å²) in [4.78, 5) is 12.1. The van der Waals surface area contributed by atoms with Gasteiger partial charge in [0, 0.05) is 5.69 Å². The lowest BCUT2D eigenvalue weighted by Gasteiger charge is -2.08. The minimum Gasteiger partial charge on any atom is -0.497 e. The molecule has 0 radical (unpaired) electrons. The van der Waals surface area contributed by atoms with Crippen LogP contribution in [0, 0.1) is 5.82 Å². The largest absolute Gasteiger partial charge is 0.497 e. The zero-order valence-electron chi connectivity index (χ0n) is 15.2. The maximum Gasteiger partial charge on any atom is 0.271 e. The fourth-order valence-electron chi connectivity index (χ4n) is 2.33. The molecule has 2 aromatic carbocycles. The van der Waals surface area contributed by atoms with Crippen molar-refractivity contribution in [3.8, 4) is 11.5 Å². The third kappa shape index (κ3) is 5.41. The first kappa shape index (κ1) is 19.1. The average molecular weight is 382 g/mol. The quantitative estimate of drug-likeness (QED) is 0.582. The molecule has 1 amide bonds. The van der Waals surface area contributed by atoms with E-state index in [-0.39, 0.29) is 17.4 Å². The summed E-state index contributed by atoms with van der Waals surface area (Å²) >= 11 is 0. The van der Waals surface area contributed by atoms with Crippen molar-refractivity contribution in [2.24, 2.45) is 0 Å². The number of hydrogen-bond acceptors (Lipinski definition) is 6. The molecule has 2 N–H and O–H groups in total. The summed E-state index contributed by atoms with van der Waals surface area (Å²) in [5.74, 6) is 1.12. The van der Waals surface area contributed by atoms with Crippen LogP contribution in [0.2, 0.25) is 0 Å². The van der Waals surface area contributed by atoms with Crippen molar-refractivity contribution in [3.63, 3.8) is 0 Å². The van der Waals surface area contributed by atoms with Crippen LogP contribution in [0.4, 0.5) is 15.9 Å². The third-order valence-corrected chi connectivity index (χ3v) is 3.71. The number of halogens is 1. The highest BCUT2D eigenvalue weighted by molar-refractivity contribution is 5.92. The van der Waals surface area contributed by atoms with Crippen LogP contribution in [0.1, 0.15) is 10.5 Å². The summed E-state index contributed by atoms with van der Waals surface area (Å²) in [7, 11) is 1.60. The van der Waals surface area contributed by atoms with Crippen molar-refractivity contribution in [3.05, 3.63) is 72.2 Å². The first-order valence-electron chi connectivity index (χ1n) is 8.55. The van der Waals surface area contributed by atoms with Gasteiger partial charge in [-0.2, -0.15) is 0 Å². The molecule has 0 aliphatic rings. The first-order valence-corrected chi connectivity index (χ1v) is 8.55. The van der Waals surface area contributed by atoms with Gasteiger partial charge in [0.1, 0.15) is 23.9 Å². The van der Waals surface area contributed by atoms with Crippen molar-refractivity contribution in [1.82, 2.24) is 15.5 Å². The molecule has 144 valence electrons. The highest BCUT2D eigenvalue weighted by Crippen LogP contribution is 2.17. The average Bonchev–Trinajstić information content (AvgIpc) is 2.72. The van der Waals surface area contributed by atoms with Gasteiger partial charge < -0.3 is 20.1 Å². The van der Waals surface area contributed by atoms with Gasteiger partial charge in [0.05, 0.1) is 13.7 Å². The summed E-state index contributed by atoms with van der Waals surface area (Å²) in [6.45, 7) is 0.626. The van der Waals surface area contributed by atoms with Gasteiger partial charge in [0.25, 0.3) is 5.91 Å². The van der Waals surface area contributed by atoms with Gasteiger partial charge in [-0.3, -0.25) is 4.79 Å². The van der Waals surface area contributed by atoms with Crippen LogP contribution < -0.4 is 20.1 Å². The van der Waals surface area contributed by atoms with Crippen molar-refractivity contribution in [2.45, 2.75) is 0 Å². The number of benzene rings is 2. The highest BCUT2D eigenvalue weighted by atomic mass is 19.1. The molecule has 3 aromatic rings. The molecule has 0 spiro atoms. The number of hydrogen-bond donors (Lipinski definition) is 2. The van der Waals surface area contributed by atoms with E-state index in [1.165, 1.54) is 18.2 Å². The van der Waals surface area contributed by atoms with E-state index in [2.05, 4.69) is 20.8 Å². The Bertz CT molecular complexity index is 917. The van der Waals surface area contributed by atoms with Crippen LogP contribution in [0.25, 0.3) is 0 Å². The minimum absolute atomic E-state index is 0.175. The first-order chi connectivity index (χ1) is 13.6. The molecule has 0 unspecified atom stereocenters. The molecule has 0 saturated carbocycles. The lowest BCUT2D eigenvalue weighted by atomic mass is 10.3. The minimum atomic E-state index is -0.358. The third-order valence-electron chi connectivity index (χ3n) is 3.71. The SMILES string of the molecule is COc1ccc(OCCNC(=O)c2ccc(Nc3cccc(F)c3)nn2)cc1. The summed E-state index contributed by atoms with van der Waals surface area (Å²) in [6.07, 6.45) is 0. The summed E-state index contributed by atoms with van der Waals surface area (Å²) < 4.78 is 23.8. The number of nitrogens with zero attached hydrogens (tertiary/aromatic N) is 2. The van der Waals surface area contributed by atoms with Crippen LogP contribution in [-0.2, 0) is 0 Å². The summed E-state index contributed by atoms with van der Waals surface area (Å²) in [5, 5.41) is 13.4. The van der Waals surface area contributed by atoms with Crippen LogP contribution in [0.15, 0.2) is 60.7 Å². The molecule has 0 bridgehead atoms. The number of aromatic nitrogens is 2. The summed E-state index contributed by atoms with van der Waals surface area (Å²) in [6, 6.07) is 16.3. The number of anilines is 2. The van der Waals surface area contributed by atoms with E-state index in [1.807, 2.05) is 0 Å². The Hall–Kier alpha value is -3.68. The Morgan fingerprint density at radius 3 is 2.50 bits per heavy atom. The normalized spacial score (nSPS) is 10.2. The molecule has 1 heterocycles. The molecular formula is C20H19FN4O3. The molecule has 0 saturated heterocycles. The molecule has 3 rings (SSSR count). The zero-order chi connectivity index (χ0) is 19.8. The van der Waals surface area contributed by atoms with Crippen LogP contribution >= 0.6 is 0 Å². The maximum atomic E-state index is 13.2. The van der Waals surface area contributed by atoms with Crippen molar-refractivity contribution >= 4 is 17.4 Å². The topological polar surface area (TPSA) is 85.4 Å². The lowest BCUT2D eigenvalue weighted by molar-refractivity contribution is 0.0941. The molecule has 7 nitrogen and oxygen atoms in total. The second kappa shape index (κ2) is 9.31. The van der Waals surface area contributed by atoms with E-state index in [9.17, 15) is 9.18 Å². The number of methoxy groups -OCH3 is 1. The van der Waals surface area contributed by atoms with Gasteiger partial charge in [0.2, 0.25) is 0 Å². The van der Waals surface area contributed by atoms with Crippen molar-refractivity contribution < 1.29 is 18.7 Å². The number of nitrogens with one attached hydrogen (secondary N) is 2. The van der Waals surface area contributed by atoms with Crippen LogP contribution in [0.3, 0.4) is 0 Å². The molecule has 0 atom stereocenters. The number of amides is 1. The van der Waals surface area contributed by atoms with E-state index < -0.39 is 0 Å². The van der Waals surface area contributed by atoms with Gasteiger partial charge >= 0.3 is 0 Å². The Morgan fingerprint density at radius 1 is 1.04 bits per heavy atom. The Labute approximate surface area is 161 Å². The highest BCUT2D eigenvalue weighted by Gasteiger charge is 2.08. The van der Waals surface area contributed by atoms with E-state index in [0.717, 1.165) is 5.75 Å². The van der Waals surface area contributed by atoms with Crippen LogP contribution in [0.5, 0.6) is 11.5 Å². The molecule has 0 aliphatic heterocycles. The lowest BCUT2D eigenvalue weighted by Crippen LogP contribution is -2.29. The molecular weight excluding hydrogens is 363 g/mol. The van der Waals surface area contributed by atoms with Crippen molar-refractivity contribution in [1.29, 1.82) is 0 Å². The predicted octanol–water partition coefficient (Wildman–Crippen LogP) is 3.18. The van der Waals surface area contributed by atoms with E-state index in [0.29, 0.717) is 30.4 Å². The zero-order valence-corrected chi connectivity index (χ0v) is 15.2. The van der Waals surface area contributed by atoms with Gasteiger partial charge in [0.15, 0.2) is 11.5 Å². The molecule has 0 fully saturated rings. The van der Waals surface area contributed by atoms with E-state index in [1.54, 1.807) is 49.6 Å². The van der Waals surface area contributed by atoms with Gasteiger partial charge in [-0.1, -0.05) is 6.07 Å². The fourth-order valence-corrected chi connectivity index (χ4v) is 2.33.